The summed E-state index contributed by atoms with van der Waals surface area (Å²) in [5.41, 5.74) is 2.07. The van der Waals surface area contributed by atoms with E-state index in [0.717, 1.165) is 53.6 Å². The third kappa shape index (κ3) is 8.78. The van der Waals surface area contributed by atoms with E-state index in [1.54, 1.807) is 36.4 Å². The van der Waals surface area contributed by atoms with Gasteiger partial charge in [0.05, 0.1) is 10.6 Å². The SMILES string of the molecule is Cc1ccc(S(=O)(=O)N(CC(=O)N(Cc2cccc(Cl)c2)[C@H](Cc2ccccc2)C(=O)NC2CCCCC2)c2ccccc2F)cc1. The van der Waals surface area contributed by atoms with Gasteiger partial charge in [-0.2, -0.15) is 0 Å². The molecule has 1 aliphatic rings. The van der Waals surface area contributed by atoms with Crippen molar-refractivity contribution in [2.45, 2.75) is 69.0 Å². The molecule has 0 heterocycles. The minimum atomic E-state index is -4.40. The number of nitrogens with one attached hydrogen (secondary N) is 1. The van der Waals surface area contributed by atoms with Crippen molar-refractivity contribution < 1.29 is 22.4 Å². The Balaban J connectivity index is 1.57. The van der Waals surface area contributed by atoms with Gasteiger partial charge in [-0.3, -0.25) is 13.9 Å². The molecule has 246 valence electrons. The topological polar surface area (TPSA) is 86.8 Å². The summed E-state index contributed by atoms with van der Waals surface area (Å²) in [4.78, 5) is 30.0. The lowest BCUT2D eigenvalue weighted by Gasteiger charge is -2.35. The van der Waals surface area contributed by atoms with Crippen molar-refractivity contribution in [2.75, 3.05) is 10.8 Å². The summed E-state index contributed by atoms with van der Waals surface area (Å²) >= 11 is 6.32. The Labute approximate surface area is 281 Å². The highest BCUT2D eigenvalue weighted by molar-refractivity contribution is 7.92. The zero-order chi connectivity index (χ0) is 33.4. The van der Waals surface area contributed by atoms with Crippen molar-refractivity contribution in [1.29, 1.82) is 0 Å². The van der Waals surface area contributed by atoms with Crippen LogP contribution in [0.2, 0.25) is 5.02 Å². The summed E-state index contributed by atoms with van der Waals surface area (Å²) in [7, 11) is -4.40. The van der Waals surface area contributed by atoms with Crippen LogP contribution in [0.1, 0.15) is 48.8 Å². The molecule has 47 heavy (non-hydrogen) atoms. The number of carbonyl (C=O) groups excluding carboxylic acids is 2. The molecule has 0 unspecified atom stereocenters. The molecule has 1 saturated carbocycles. The van der Waals surface area contributed by atoms with Crippen molar-refractivity contribution in [2.24, 2.45) is 0 Å². The number of benzene rings is 4. The molecule has 0 aromatic heterocycles. The molecule has 4 aromatic carbocycles. The number of sulfonamides is 1. The molecule has 4 aromatic rings. The first-order valence-corrected chi connectivity index (χ1v) is 17.7. The molecule has 0 spiro atoms. The first-order chi connectivity index (χ1) is 22.6. The summed E-state index contributed by atoms with van der Waals surface area (Å²) in [6, 6.07) is 26.9. The molecule has 0 saturated heterocycles. The fourth-order valence-corrected chi connectivity index (χ4v) is 7.57. The smallest absolute Gasteiger partial charge is 0.264 e. The number of hydrogen-bond donors (Lipinski definition) is 1. The van der Waals surface area contributed by atoms with E-state index >= 15 is 4.39 Å². The molecular weight excluding hydrogens is 637 g/mol. The van der Waals surface area contributed by atoms with Gasteiger partial charge in [-0.25, -0.2) is 12.8 Å². The molecule has 1 aliphatic carbocycles. The molecular formula is C37H39ClFN3O4S. The average molecular weight is 676 g/mol. The van der Waals surface area contributed by atoms with Crippen LogP contribution in [-0.2, 0) is 32.6 Å². The van der Waals surface area contributed by atoms with E-state index in [4.69, 9.17) is 11.6 Å². The average Bonchev–Trinajstić information content (AvgIpc) is 3.06. The summed E-state index contributed by atoms with van der Waals surface area (Å²) < 4.78 is 44.3. The molecule has 10 heteroatoms. The molecule has 5 rings (SSSR count). The summed E-state index contributed by atoms with van der Waals surface area (Å²) in [6.45, 7) is 1.07. The van der Waals surface area contributed by atoms with Crippen molar-refractivity contribution in [3.05, 3.63) is 131 Å². The van der Waals surface area contributed by atoms with Gasteiger partial charge in [0.15, 0.2) is 0 Å². The second-order valence-electron chi connectivity index (χ2n) is 12.0. The highest BCUT2D eigenvalue weighted by Gasteiger charge is 2.36. The fraction of sp³-hybridized carbons (Fsp3) is 0.297. The van der Waals surface area contributed by atoms with Crippen LogP contribution in [0.15, 0.2) is 108 Å². The van der Waals surface area contributed by atoms with Crippen LogP contribution >= 0.6 is 11.6 Å². The van der Waals surface area contributed by atoms with E-state index in [0.29, 0.717) is 10.6 Å². The van der Waals surface area contributed by atoms with E-state index < -0.39 is 34.3 Å². The zero-order valence-corrected chi connectivity index (χ0v) is 27.9. The van der Waals surface area contributed by atoms with Crippen LogP contribution in [-0.4, -0.2) is 43.8 Å². The molecule has 1 atom stereocenters. The normalized spacial score (nSPS) is 14.3. The van der Waals surface area contributed by atoms with Crippen molar-refractivity contribution in [1.82, 2.24) is 10.2 Å². The molecule has 1 N–H and O–H groups in total. The second-order valence-corrected chi connectivity index (χ2v) is 14.3. The maximum Gasteiger partial charge on any atom is 0.264 e. The number of amides is 2. The van der Waals surface area contributed by atoms with Crippen molar-refractivity contribution in [3.8, 4) is 0 Å². The van der Waals surface area contributed by atoms with Crippen molar-refractivity contribution in [3.63, 3.8) is 0 Å². The first-order valence-electron chi connectivity index (χ1n) is 15.8. The molecule has 0 aliphatic heterocycles. The number of nitrogens with zero attached hydrogens (tertiary/aromatic N) is 2. The van der Waals surface area contributed by atoms with Crippen molar-refractivity contribution >= 4 is 39.1 Å². The highest BCUT2D eigenvalue weighted by Crippen LogP contribution is 2.28. The predicted molar refractivity (Wildman–Crippen MR) is 183 cm³/mol. The molecule has 1 fully saturated rings. The van der Waals surface area contributed by atoms with Gasteiger partial charge in [-0.1, -0.05) is 103 Å². The summed E-state index contributed by atoms with van der Waals surface area (Å²) in [6.07, 6.45) is 5.02. The number of hydrogen-bond acceptors (Lipinski definition) is 4. The lowest BCUT2D eigenvalue weighted by atomic mass is 9.94. The Morgan fingerprint density at radius 1 is 0.872 bits per heavy atom. The number of carbonyl (C=O) groups is 2. The largest absolute Gasteiger partial charge is 0.352 e. The van der Waals surface area contributed by atoms with Gasteiger partial charge in [-0.15, -0.1) is 0 Å². The van der Waals surface area contributed by atoms with E-state index in [9.17, 15) is 18.0 Å². The minimum Gasteiger partial charge on any atom is -0.352 e. The Morgan fingerprint density at radius 2 is 1.53 bits per heavy atom. The van der Waals surface area contributed by atoms with Gasteiger partial charge in [0, 0.05) is 24.0 Å². The maximum absolute atomic E-state index is 15.3. The lowest BCUT2D eigenvalue weighted by Crippen LogP contribution is -2.55. The van der Waals surface area contributed by atoms with Gasteiger partial charge in [0.1, 0.15) is 18.4 Å². The molecule has 2 amide bonds. The summed E-state index contributed by atoms with van der Waals surface area (Å²) in [5, 5.41) is 3.63. The Kier molecular flexibility index (Phi) is 11.3. The fourth-order valence-electron chi connectivity index (χ4n) is 5.94. The predicted octanol–water partition coefficient (Wildman–Crippen LogP) is 7.07. The highest BCUT2D eigenvalue weighted by atomic mass is 35.5. The summed E-state index contributed by atoms with van der Waals surface area (Å²) in [5.74, 6) is -1.79. The number of aryl methyl sites for hydroxylation is 1. The first kappa shape index (κ1) is 34.1. The number of rotatable bonds is 12. The van der Waals surface area contributed by atoms with Gasteiger partial charge < -0.3 is 10.2 Å². The van der Waals surface area contributed by atoms with Gasteiger partial charge in [0.25, 0.3) is 10.0 Å². The van der Waals surface area contributed by atoms with E-state index in [1.807, 2.05) is 37.3 Å². The van der Waals surface area contributed by atoms with E-state index in [2.05, 4.69) is 5.32 Å². The molecule has 7 nitrogen and oxygen atoms in total. The third-order valence-electron chi connectivity index (χ3n) is 8.47. The van der Waals surface area contributed by atoms with Crippen LogP contribution < -0.4 is 9.62 Å². The maximum atomic E-state index is 15.3. The number of anilines is 1. The quantitative estimate of drug-likeness (QED) is 0.174. The Hall–Kier alpha value is -4.21. The van der Waals surface area contributed by atoms with Crippen LogP contribution in [0.4, 0.5) is 10.1 Å². The van der Waals surface area contributed by atoms with Gasteiger partial charge >= 0.3 is 0 Å². The van der Waals surface area contributed by atoms with Crippen LogP contribution in [0.5, 0.6) is 0 Å². The molecule has 0 radical (unpaired) electrons. The monoisotopic (exact) mass is 675 g/mol. The second kappa shape index (κ2) is 15.6. The van der Waals surface area contributed by atoms with Crippen LogP contribution in [0, 0.1) is 12.7 Å². The minimum absolute atomic E-state index is 0.0190. The standard InChI is InChI=1S/C37H39ClFN3O4S/c1-27-19-21-32(22-20-27)47(45,46)42(34-18-9-8-17-33(34)39)26-36(43)41(25-29-13-10-14-30(38)23-29)35(24-28-11-4-2-5-12-28)37(44)40-31-15-6-3-7-16-31/h2,4-5,8-14,17-23,31,35H,3,6-7,15-16,24-26H2,1H3,(H,40,44)/t35-/m1/s1. The lowest BCUT2D eigenvalue weighted by molar-refractivity contribution is -0.140. The van der Waals surface area contributed by atoms with Crippen LogP contribution in [0.25, 0.3) is 0 Å². The van der Waals surface area contributed by atoms with Gasteiger partial charge in [-0.05, 0) is 67.3 Å². The van der Waals surface area contributed by atoms with Gasteiger partial charge in [0.2, 0.25) is 11.8 Å². The Morgan fingerprint density at radius 3 is 2.21 bits per heavy atom. The third-order valence-corrected chi connectivity index (χ3v) is 10.5. The van der Waals surface area contributed by atoms with E-state index in [1.165, 1.54) is 35.2 Å². The van der Waals surface area contributed by atoms with Crippen LogP contribution in [0.3, 0.4) is 0 Å². The molecule has 0 bridgehead atoms. The Bertz CT molecular complexity index is 1780. The number of halogens is 2. The number of para-hydroxylation sites is 1. The zero-order valence-electron chi connectivity index (χ0n) is 26.3. The van der Waals surface area contributed by atoms with E-state index in [-0.39, 0.29) is 35.5 Å².